The molecule has 1 N–H and O–H groups in total. The molecule has 140 valence electrons. The Bertz CT molecular complexity index is 1130. The Morgan fingerprint density at radius 1 is 1.04 bits per heavy atom. The van der Waals surface area contributed by atoms with E-state index in [0.29, 0.717) is 18.7 Å². The van der Waals surface area contributed by atoms with E-state index in [9.17, 15) is 4.79 Å². The highest BCUT2D eigenvalue weighted by atomic mass is 16.1. The molecule has 0 saturated heterocycles. The number of hydrogen-bond donors (Lipinski definition) is 1. The van der Waals surface area contributed by atoms with Gasteiger partial charge in [-0.2, -0.15) is 5.10 Å². The van der Waals surface area contributed by atoms with Crippen molar-refractivity contribution < 1.29 is 4.79 Å². The lowest BCUT2D eigenvalue weighted by Gasteiger charge is -2.12. The highest BCUT2D eigenvalue weighted by Gasteiger charge is 2.12. The van der Waals surface area contributed by atoms with Crippen LogP contribution in [0.3, 0.4) is 0 Å². The van der Waals surface area contributed by atoms with Crippen molar-refractivity contribution in [3.05, 3.63) is 94.9 Å². The minimum Gasteiger partial charge on any atom is -0.348 e. The maximum atomic E-state index is 12.8. The van der Waals surface area contributed by atoms with Crippen LogP contribution in [0.4, 0.5) is 0 Å². The van der Waals surface area contributed by atoms with Crippen molar-refractivity contribution in [1.29, 1.82) is 0 Å². The molecule has 0 spiro atoms. The average molecular weight is 370 g/mol. The predicted octanol–water partition coefficient (Wildman–Crippen LogP) is 4.03. The lowest BCUT2D eigenvalue weighted by molar-refractivity contribution is 0.0950. The summed E-state index contributed by atoms with van der Waals surface area (Å²) in [4.78, 5) is 17.4. The van der Waals surface area contributed by atoms with Crippen molar-refractivity contribution >= 4 is 16.8 Å². The molecule has 0 bridgehead atoms. The van der Waals surface area contributed by atoms with Gasteiger partial charge in [-0.1, -0.05) is 35.9 Å². The SMILES string of the molecule is Cc1ccc2nc(C)c(C(=O)NCc3ccccc3Cn3cccn3)cc2c1. The number of amides is 1. The zero-order chi connectivity index (χ0) is 19.5. The summed E-state index contributed by atoms with van der Waals surface area (Å²) in [5.74, 6) is -0.109. The van der Waals surface area contributed by atoms with E-state index in [1.54, 1.807) is 6.20 Å². The van der Waals surface area contributed by atoms with E-state index >= 15 is 0 Å². The molecule has 4 aromatic rings. The Morgan fingerprint density at radius 3 is 2.64 bits per heavy atom. The number of nitrogens with zero attached hydrogens (tertiary/aromatic N) is 3. The third-order valence-corrected chi connectivity index (χ3v) is 4.85. The van der Waals surface area contributed by atoms with Gasteiger partial charge in [-0.3, -0.25) is 14.5 Å². The van der Waals surface area contributed by atoms with E-state index in [-0.39, 0.29) is 5.91 Å². The van der Waals surface area contributed by atoms with Crippen LogP contribution >= 0.6 is 0 Å². The maximum Gasteiger partial charge on any atom is 0.253 e. The summed E-state index contributed by atoms with van der Waals surface area (Å²) in [6.07, 6.45) is 3.70. The maximum absolute atomic E-state index is 12.8. The first-order chi connectivity index (χ1) is 13.6. The van der Waals surface area contributed by atoms with Crippen molar-refractivity contribution in [3.8, 4) is 0 Å². The van der Waals surface area contributed by atoms with Crippen LogP contribution in [-0.2, 0) is 13.1 Å². The molecule has 0 aliphatic carbocycles. The topological polar surface area (TPSA) is 59.8 Å². The molecule has 2 aromatic carbocycles. The zero-order valence-electron chi connectivity index (χ0n) is 16.0. The molecular formula is C23H22N4O. The first kappa shape index (κ1) is 17.9. The van der Waals surface area contributed by atoms with Crippen molar-refractivity contribution in [3.63, 3.8) is 0 Å². The normalized spacial score (nSPS) is 10.9. The first-order valence-corrected chi connectivity index (χ1v) is 9.30. The smallest absolute Gasteiger partial charge is 0.253 e. The van der Waals surface area contributed by atoms with Crippen LogP contribution in [0.25, 0.3) is 10.9 Å². The van der Waals surface area contributed by atoms with Gasteiger partial charge in [0.15, 0.2) is 0 Å². The number of hydrogen-bond acceptors (Lipinski definition) is 3. The van der Waals surface area contributed by atoms with Gasteiger partial charge in [-0.25, -0.2) is 0 Å². The summed E-state index contributed by atoms with van der Waals surface area (Å²) in [7, 11) is 0. The Balaban J connectivity index is 1.54. The number of benzene rings is 2. The van der Waals surface area contributed by atoms with Crippen LogP contribution in [0.1, 0.15) is 32.7 Å². The molecule has 28 heavy (non-hydrogen) atoms. The second-order valence-corrected chi connectivity index (χ2v) is 6.97. The second-order valence-electron chi connectivity index (χ2n) is 6.97. The number of rotatable bonds is 5. The molecule has 0 fully saturated rings. The number of aryl methyl sites for hydroxylation is 2. The molecule has 2 heterocycles. The Kier molecular flexibility index (Phi) is 4.89. The van der Waals surface area contributed by atoms with Gasteiger partial charge in [0.25, 0.3) is 5.91 Å². The molecule has 0 radical (unpaired) electrons. The van der Waals surface area contributed by atoms with Gasteiger partial charge in [0.1, 0.15) is 0 Å². The van der Waals surface area contributed by atoms with Crippen LogP contribution in [-0.4, -0.2) is 20.7 Å². The second kappa shape index (κ2) is 7.64. The Morgan fingerprint density at radius 2 is 1.86 bits per heavy atom. The van der Waals surface area contributed by atoms with Crippen molar-refractivity contribution in [2.24, 2.45) is 0 Å². The summed E-state index contributed by atoms with van der Waals surface area (Å²) in [6, 6.07) is 18.0. The summed E-state index contributed by atoms with van der Waals surface area (Å²) in [6.45, 7) is 5.05. The monoisotopic (exact) mass is 370 g/mol. The van der Waals surface area contributed by atoms with E-state index in [0.717, 1.165) is 33.3 Å². The first-order valence-electron chi connectivity index (χ1n) is 9.30. The number of carbonyl (C=O) groups excluding carboxylic acids is 1. The molecule has 2 aromatic heterocycles. The van der Waals surface area contributed by atoms with Crippen LogP contribution in [0.5, 0.6) is 0 Å². The zero-order valence-corrected chi connectivity index (χ0v) is 16.0. The highest BCUT2D eigenvalue weighted by molar-refractivity contribution is 5.98. The summed E-state index contributed by atoms with van der Waals surface area (Å²) >= 11 is 0. The van der Waals surface area contributed by atoms with Crippen LogP contribution in [0, 0.1) is 13.8 Å². The van der Waals surface area contributed by atoms with E-state index in [1.165, 1.54) is 0 Å². The predicted molar refractivity (Wildman–Crippen MR) is 110 cm³/mol. The summed E-state index contributed by atoms with van der Waals surface area (Å²) in [5.41, 5.74) is 5.62. The van der Waals surface area contributed by atoms with E-state index in [2.05, 4.69) is 27.5 Å². The van der Waals surface area contributed by atoms with Gasteiger partial charge in [0, 0.05) is 24.3 Å². The highest BCUT2D eigenvalue weighted by Crippen LogP contribution is 2.18. The number of nitrogens with one attached hydrogen (secondary N) is 1. The lowest BCUT2D eigenvalue weighted by Crippen LogP contribution is -2.24. The van der Waals surface area contributed by atoms with Gasteiger partial charge in [-0.05, 0) is 49.2 Å². The molecule has 0 aliphatic rings. The molecular weight excluding hydrogens is 348 g/mol. The fourth-order valence-corrected chi connectivity index (χ4v) is 3.35. The number of fused-ring (bicyclic) bond motifs is 1. The Labute approximate surface area is 164 Å². The minimum absolute atomic E-state index is 0.109. The number of aromatic nitrogens is 3. The molecule has 1 amide bonds. The molecule has 4 rings (SSSR count). The average Bonchev–Trinajstić information content (AvgIpc) is 3.20. The molecule has 0 saturated carbocycles. The van der Waals surface area contributed by atoms with Crippen LogP contribution in [0.2, 0.25) is 0 Å². The fraction of sp³-hybridized carbons (Fsp3) is 0.174. The minimum atomic E-state index is -0.109. The quantitative estimate of drug-likeness (QED) is 0.577. The van der Waals surface area contributed by atoms with E-state index < -0.39 is 0 Å². The summed E-state index contributed by atoms with van der Waals surface area (Å²) < 4.78 is 1.88. The van der Waals surface area contributed by atoms with Gasteiger partial charge in [0.05, 0.1) is 23.3 Å². The van der Waals surface area contributed by atoms with E-state index in [1.807, 2.05) is 67.2 Å². The molecule has 0 aliphatic heterocycles. The number of pyridine rings is 1. The molecule has 5 heteroatoms. The molecule has 0 unspecified atom stereocenters. The van der Waals surface area contributed by atoms with Crippen LogP contribution in [0.15, 0.2) is 67.0 Å². The third-order valence-electron chi connectivity index (χ3n) is 4.85. The van der Waals surface area contributed by atoms with Crippen LogP contribution < -0.4 is 5.32 Å². The van der Waals surface area contributed by atoms with Gasteiger partial charge < -0.3 is 5.32 Å². The van der Waals surface area contributed by atoms with Gasteiger partial charge in [0.2, 0.25) is 0 Å². The van der Waals surface area contributed by atoms with E-state index in [4.69, 9.17) is 0 Å². The van der Waals surface area contributed by atoms with Gasteiger partial charge in [-0.15, -0.1) is 0 Å². The summed E-state index contributed by atoms with van der Waals surface area (Å²) in [5, 5.41) is 8.29. The molecule has 5 nitrogen and oxygen atoms in total. The van der Waals surface area contributed by atoms with Gasteiger partial charge >= 0.3 is 0 Å². The fourth-order valence-electron chi connectivity index (χ4n) is 3.35. The lowest BCUT2D eigenvalue weighted by atomic mass is 10.1. The number of carbonyl (C=O) groups is 1. The molecule has 0 atom stereocenters. The largest absolute Gasteiger partial charge is 0.348 e. The van der Waals surface area contributed by atoms with Crippen molar-refractivity contribution in [1.82, 2.24) is 20.1 Å². The standard InChI is InChI=1S/C23H22N4O/c1-16-8-9-22-20(12-16)13-21(17(2)26-22)23(28)24-14-18-6-3-4-7-19(18)15-27-11-5-10-25-27/h3-13H,14-15H2,1-2H3,(H,24,28). The Hall–Kier alpha value is -3.47. The third kappa shape index (κ3) is 3.78. The van der Waals surface area contributed by atoms with Crippen molar-refractivity contribution in [2.45, 2.75) is 26.9 Å². The van der Waals surface area contributed by atoms with Crippen molar-refractivity contribution in [2.75, 3.05) is 0 Å².